The number of ether oxygens (including phenoxy) is 1. The van der Waals surface area contributed by atoms with Gasteiger partial charge in [-0.25, -0.2) is 4.79 Å². The number of carbonyl (C=O) groups is 2. The molecule has 2 amide bonds. The van der Waals surface area contributed by atoms with Crippen molar-refractivity contribution in [2.24, 2.45) is 0 Å². The maximum atomic E-state index is 12.9. The molecular formula is C23H30N2O3S. The van der Waals surface area contributed by atoms with Crippen molar-refractivity contribution in [2.75, 3.05) is 18.1 Å². The molecule has 0 fully saturated rings. The molecule has 1 N–H and O–H groups in total. The lowest BCUT2D eigenvalue weighted by atomic mass is 10.1. The molecular weight excluding hydrogens is 384 g/mol. The highest BCUT2D eigenvalue weighted by atomic mass is 32.2. The van der Waals surface area contributed by atoms with Gasteiger partial charge in [-0.1, -0.05) is 24.3 Å². The van der Waals surface area contributed by atoms with E-state index in [-0.39, 0.29) is 12.0 Å². The summed E-state index contributed by atoms with van der Waals surface area (Å²) in [4.78, 5) is 28.0. The maximum absolute atomic E-state index is 12.9. The van der Waals surface area contributed by atoms with Crippen LogP contribution in [0, 0.1) is 6.92 Å². The summed E-state index contributed by atoms with van der Waals surface area (Å²) < 4.78 is 5.49. The molecule has 0 atom stereocenters. The standard InChI is InChI=1S/C23H30N2O3S/c1-7-25(22(27)28-23(3,4)5)15-17-10-8-9-11-20(17)24-21(26)19-14-18(29-6)13-12-16(19)2/h8-14H,7,15H2,1-6H3,(H,24,26). The predicted octanol–water partition coefficient (Wildman–Crippen LogP) is 5.73. The summed E-state index contributed by atoms with van der Waals surface area (Å²) in [5.41, 5.74) is 2.55. The summed E-state index contributed by atoms with van der Waals surface area (Å²) in [5.74, 6) is -0.161. The lowest BCUT2D eigenvalue weighted by Crippen LogP contribution is -2.36. The monoisotopic (exact) mass is 414 g/mol. The van der Waals surface area contributed by atoms with Crippen LogP contribution < -0.4 is 5.32 Å². The molecule has 2 aromatic carbocycles. The van der Waals surface area contributed by atoms with Crippen LogP contribution in [-0.2, 0) is 11.3 Å². The normalized spacial score (nSPS) is 11.1. The summed E-state index contributed by atoms with van der Waals surface area (Å²) in [5, 5.41) is 3.01. The Bertz CT molecular complexity index is 875. The van der Waals surface area contributed by atoms with Crippen LogP contribution in [0.15, 0.2) is 47.4 Å². The Morgan fingerprint density at radius 3 is 2.45 bits per heavy atom. The Morgan fingerprint density at radius 2 is 1.83 bits per heavy atom. The van der Waals surface area contributed by atoms with Gasteiger partial charge in [0.25, 0.3) is 5.91 Å². The number of anilines is 1. The summed E-state index contributed by atoms with van der Waals surface area (Å²) in [6.07, 6.45) is 1.61. The topological polar surface area (TPSA) is 58.6 Å². The number of thioether (sulfide) groups is 1. The van der Waals surface area contributed by atoms with Crippen molar-refractivity contribution in [3.8, 4) is 0 Å². The second-order valence-electron chi connectivity index (χ2n) is 7.79. The molecule has 0 aliphatic heterocycles. The molecule has 0 spiro atoms. The van der Waals surface area contributed by atoms with Gasteiger partial charge in [0.1, 0.15) is 5.60 Å². The smallest absolute Gasteiger partial charge is 0.410 e. The minimum absolute atomic E-state index is 0.161. The number of rotatable bonds is 6. The van der Waals surface area contributed by atoms with Crippen LogP contribution in [0.25, 0.3) is 0 Å². The zero-order valence-corrected chi connectivity index (χ0v) is 18.9. The molecule has 2 rings (SSSR count). The Morgan fingerprint density at radius 1 is 1.14 bits per heavy atom. The van der Waals surface area contributed by atoms with Crippen LogP contribution in [0.4, 0.5) is 10.5 Å². The van der Waals surface area contributed by atoms with Gasteiger partial charge in [-0.15, -0.1) is 11.8 Å². The number of carbonyl (C=O) groups excluding carboxylic acids is 2. The predicted molar refractivity (Wildman–Crippen MR) is 120 cm³/mol. The van der Waals surface area contributed by atoms with Crippen LogP contribution in [0.1, 0.15) is 49.2 Å². The fourth-order valence-corrected chi connectivity index (χ4v) is 3.22. The van der Waals surface area contributed by atoms with Crippen molar-refractivity contribution in [3.63, 3.8) is 0 Å². The fourth-order valence-electron chi connectivity index (χ4n) is 2.78. The van der Waals surface area contributed by atoms with E-state index in [2.05, 4.69) is 5.32 Å². The molecule has 0 unspecified atom stereocenters. The second kappa shape index (κ2) is 9.83. The molecule has 0 bridgehead atoms. The summed E-state index contributed by atoms with van der Waals surface area (Å²) in [6.45, 7) is 10.2. The van der Waals surface area contributed by atoms with Crippen LogP contribution in [0.5, 0.6) is 0 Å². The number of amides is 2. The first kappa shape index (κ1) is 22.8. The first-order chi connectivity index (χ1) is 13.6. The van der Waals surface area contributed by atoms with Gasteiger partial charge in [0.2, 0.25) is 0 Å². The van der Waals surface area contributed by atoms with Gasteiger partial charge >= 0.3 is 6.09 Å². The Hall–Kier alpha value is -2.47. The first-order valence-electron chi connectivity index (χ1n) is 9.66. The van der Waals surface area contributed by atoms with Crippen molar-refractivity contribution in [1.29, 1.82) is 0 Å². The zero-order chi connectivity index (χ0) is 21.6. The van der Waals surface area contributed by atoms with E-state index in [1.54, 1.807) is 16.7 Å². The van der Waals surface area contributed by atoms with Crippen LogP contribution in [0.3, 0.4) is 0 Å². The van der Waals surface area contributed by atoms with Gasteiger partial charge in [-0.2, -0.15) is 0 Å². The molecule has 0 heterocycles. The third-order valence-electron chi connectivity index (χ3n) is 4.35. The highest BCUT2D eigenvalue weighted by molar-refractivity contribution is 7.98. The molecule has 156 valence electrons. The number of nitrogens with one attached hydrogen (secondary N) is 1. The molecule has 2 aromatic rings. The van der Waals surface area contributed by atoms with E-state index in [1.807, 2.05) is 83.3 Å². The van der Waals surface area contributed by atoms with Crippen molar-refractivity contribution in [1.82, 2.24) is 4.90 Å². The van der Waals surface area contributed by atoms with E-state index in [0.717, 1.165) is 16.0 Å². The van der Waals surface area contributed by atoms with Crippen LogP contribution in [-0.4, -0.2) is 35.3 Å². The molecule has 6 heteroatoms. The quantitative estimate of drug-likeness (QED) is 0.614. The van der Waals surface area contributed by atoms with Gasteiger partial charge in [0, 0.05) is 22.7 Å². The minimum atomic E-state index is -0.557. The van der Waals surface area contributed by atoms with Crippen LogP contribution >= 0.6 is 11.8 Å². The summed E-state index contributed by atoms with van der Waals surface area (Å²) in [6, 6.07) is 13.4. The number of aryl methyl sites for hydroxylation is 1. The van der Waals surface area contributed by atoms with Gasteiger partial charge in [0.05, 0.1) is 6.54 Å². The maximum Gasteiger partial charge on any atom is 0.410 e. The minimum Gasteiger partial charge on any atom is -0.444 e. The van der Waals surface area contributed by atoms with E-state index in [4.69, 9.17) is 4.74 Å². The van der Waals surface area contributed by atoms with E-state index in [1.165, 1.54) is 0 Å². The Kier molecular flexibility index (Phi) is 7.73. The van der Waals surface area contributed by atoms with Crippen molar-refractivity contribution >= 4 is 29.4 Å². The third kappa shape index (κ3) is 6.53. The molecule has 0 saturated heterocycles. The SMILES string of the molecule is CCN(Cc1ccccc1NC(=O)c1cc(SC)ccc1C)C(=O)OC(C)(C)C. The van der Waals surface area contributed by atoms with E-state index < -0.39 is 5.60 Å². The lowest BCUT2D eigenvalue weighted by molar-refractivity contribution is 0.0245. The van der Waals surface area contributed by atoms with E-state index >= 15 is 0 Å². The highest BCUT2D eigenvalue weighted by Gasteiger charge is 2.22. The average Bonchev–Trinajstić information content (AvgIpc) is 2.66. The van der Waals surface area contributed by atoms with Gasteiger partial charge < -0.3 is 15.0 Å². The van der Waals surface area contributed by atoms with Crippen molar-refractivity contribution in [2.45, 2.75) is 51.7 Å². The number of benzene rings is 2. The number of hydrogen-bond acceptors (Lipinski definition) is 4. The largest absolute Gasteiger partial charge is 0.444 e. The van der Waals surface area contributed by atoms with Gasteiger partial charge in [0.15, 0.2) is 0 Å². The Balaban J connectivity index is 2.22. The highest BCUT2D eigenvalue weighted by Crippen LogP contribution is 2.23. The second-order valence-corrected chi connectivity index (χ2v) is 8.67. The van der Waals surface area contributed by atoms with E-state index in [0.29, 0.717) is 24.3 Å². The number of para-hydroxylation sites is 1. The third-order valence-corrected chi connectivity index (χ3v) is 5.07. The summed E-state index contributed by atoms with van der Waals surface area (Å²) in [7, 11) is 0. The molecule has 0 saturated carbocycles. The zero-order valence-electron chi connectivity index (χ0n) is 18.0. The lowest BCUT2D eigenvalue weighted by Gasteiger charge is -2.27. The van der Waals surface area contributed by atoms with Gasteiger partial charge in [-0.3, -0.25) is 4.79 Å². The average molecular weight is 415 g/mol. The molecule has 29 heavy (non-hydrogen) atoms. The first-order valence-corrected chi connectivity index (χ1v) is 10.9. The molecule has 5 nitrogen and oxygen atoms in total. The van der Waals surface area contributed by atoms with E-state index in [9.17, 15) is 9.59 Å². The van der Waals surface area contributed by atoms with Crippen molar-refractivity contribution in [3.05, 3.63) is 59.2 Å². The summed E-state index contributed by atoms with van der Waals surface area (Å²) >= 11 is 1.60. The fraction of sp³-hybridized carbons (Fsp3) is 0.391. The van der Waals surface area contributed by atoms with Crippen molar-refractivity contribution < 1.29 is 14.3 Å². The number of nitrogens with zero attached hydrogens (tertiary/aromatic N) is 1. The molecule has 0 radical (unpaired) electrons. The molecule has 0 aromatic heterocycles. The Labute approximate surface area is 177 Å². The van der Waals surface area contributed by atoms with Crippen LogP contribution in [0.2, 0.25) is 0 Å². The molecule has 0 aliphatic rings. The molecule has 0 aliphatic carbocycles. The number of hydrogen-bond donors (Lipinski definition) is 1. The van der Waals surface area contributed by atoms with Gasteiger partial charge in [-0.05, 0) is 70.2 Å².